The number of ether oxygens (including phenoxy) is 1. The minimum absolute atomic E-state index is 0.138. The molecule has 1 amide bonds. The molecule has 2 aromatic heterocycles. The maximum absolute atomic E-state index is 12.6. The molecule has 0 radical (unpaired) electrons. The van der Waals surface area contributed by atoms with Gasteiger partial charge in [0, 0.05) is 18.7 Å². The molecular weight excluding hydrogens is 448 g/mol. The molecule has 34 heavy (non-hydrogen) atoms. The average Bonchev–Trinajstić information content (AvgIpc) is 3.36. The summed E-state index contributed by atoms with van der Waals surface area (Å²) in [4.78, 5) is 29.3. The quantitative estimate of drug-likeness (QED) is 0.373. The van der Waals surface area contributed by atoms with Crippen LogP contribution in [0, 0.1) is 25.2 Å². The summed E-state index contributed by atoms with van der Waals surface area (Å²) in [6.07, 6.45) is 0.593. The number of hydrogen-bond donors (Lipinski definition) is 1. The number of benzene rings is 2. The number of fused-ring (bicyclic) bond motifs is 1. The molecule has 0 saturated heterocycles. The molecule has 2 heterocycles. The highest BCUT2D eigenvalue weighted by Crippen LogP contribution is 2.27. The summed E-state index contributed by atoms with van der Waals surface area (Å²) in [6, 6.07) is 19.8. The number of nitrogens with one attached hydrogen (secondary N) is 1. The molecule has 0 fully saturated rings. The topological polar surface area (TPSA) is 97.0 Å². The standard InChI is InChI=1S/C26H24N4O3S/c1-17-18(2)30(15-19-8-4-3-5-9-19)26(20(17)14-27)29-23(31)16-33-25(32)13-12-24-28-21-10-6-7-11-22(21)34-24/h3-11H,12-13,15-16H2,1-2H3,(H,29,31). The van der Waals surface area contributed by atoms with Crippen LogP contribution >= 0.6 is 11.3 Å². The maximum atomic E-state index is 12.6. The molecule has 0 atom stereocenters. The Kier molecular flexibility index (Phi) is 7.04. The van der Waals surface area contributed by atoms with E-state index >= 15 is 0 Å². The summed E-state index contributed by atoms with van der Waals surface area (Å²) in [7, 11) is 0. The normalized spacial score (nSPS) is 10.7. The molecule has 0 aliphatic carbocycles. The van der Waals surface area contributed by atoms with E-state index in [-0.39, 0.29) is 6.42 Å². The lowest BCUT2D eigenvalue weighted by atomic mass is 10.2. The van der Waals surface area contributed by atoms with E-state index in [1.807, 2.05) is 73.0 Å². The third-order valence-corrected chi connectivity index (χ3v) is 6.72. The van der Waals surface area contributed by atoms with Crippen molar-refractivity contribution in [1.29, 1.82) is 5.26 Å². The Balaban J connectivity index is 1.37. The van der Waals surface area contributed by atoms with Gasteiger partial charge in [0.05, 0.1) is 27.2 Å². The van der Waals surface area contributed by atoms with Crippen molar-refractivity contribution in [3.05, 3.63) is 82.0 Å². The first-order valence-electron chi connectivity index (χ1n) is 10.9. The average molecular weight is 473 g/mol. The number of aryl methyl sites for hydroxylation is 1. The Bertz CT molecular complexity index is 1350. The number of aromatic nitrogens is 2. The smallest absolute Gasteiger partial charge is 0.306 e. The molecule has 4 aromatic rings. The van der Waals surface area contributed by atoms with Gasteiger partial charge in [0.15, 0.2) is 6.61 Å². The fourth-order valence-corrected chi connectivity index (χ4v) is 4.68. The summed E-state index contributed by atoms with van der Waals surface area (Å²) in [5.74, 6) is -0.546. The minimum atomic E-state index is -0.489. The van der Waals surface area contributed by atoms with E-state index in [1.54, 1.807) is 11.3 Å². The number of hydrogen-bond acceptors (Lipinski definition) is 6. The van der Waals surface area contributed by atoms with Crippen LogP contribution in [0.5, 0.6) is 0 Å². The zero-order valence-electron chi connectivity index (χ0n) is 19.0. The van der Waals surface area contributed by atoms with Crippen LogP contribution in [0.2, 0.25) is 0 Å². The number of anilines is 1. The molecule has 0 unspecified atom stereocenters. The highest BCUT2D eigenvalue weighted by Gasteiger charge is 2.20. The zero-order valence-corrected chi connectivity index (χ0v) is 19.8. The van der Waals surface area contributed by atoms with Gasteiger partial charge in [-0.1, -0.05) is 42.5 Å². The van der Waals surface area contributed by atoms with Crippen LogP contribution in [-0.4, -0.2) is 28.0 Å². The Labute approximate surface area is 201 Å². The van der Waals surface area contributed by atoms with E-state index in [0.29, 0.717) is 24.3 Å². The lowest BCUT2D eigenvalue weighted by Gasteiger charge is -2.13. The van der Waals surface area contributed by atoms with Gasteiger partial charge in [0.1, 0.15) is 11.9 Å². The van der Waals surface area contributed by atoms with Crippen molar-refractivity contribution in [2.75, 3.05) is 11.9 Å². The van der Waals surface area contributed by atoms with Gasteiger partial charge in [-0.2, -0.15) is 5.26 Å². The number of nitrogens with zero attached hydrogens (tertiary/aromatic N) is 3. The fraction of sp³-hybridized carbons (Fsp3) is 0.231. The van der Waals surface area contributed by atoms with Crippen molar-refractivity contribution in [1.82, 2.24) is 9.55 Å². The fourth-order valence-electron chi connectivity index (χ4n) is 3.72. The third kappa shape index (κ3) is 5.16. The second kappa shape index (κ2) is 10.3. The number of thiazole rings is 1. The Morgan fingerprint density at radius 2 is 1.85 bits per heavy atom. The summed E-state index contributed by atoms with van der Waals surface area (Å²) >= 11 is 1.54. The van der Waals surface area contributed by atoms with Crippen molar-refractivity contribution >= 4 is 39.2 Å². The first-order valence-corrected chi connectivity index (χ1v) is 11.7. The minimum Gasteiger partial charge on any atom is -0.456 e. The SMILES string of the molecule is Cc1c(C#N)c(NC(=O)COC(=O)CCc2nc3ccccc3s2)n(Cc2ccccc2)c1C. The van der Waals surface area contributed by atoms with E-state index in [0.717, 1.165) is 32.0 Å². The van der Waals surface area contributed by atoms with Crippen molar-refractivity contribution in [2.45, 2.75) is 33.2 Å². The molecule has 2 aromatic carbocycles. The van der Waals surface area contributed by atoms with Crippen LogP contribution in [0.4, 0.5) is 5.82 Å². The van der Waals surface area contributed by atoms with Crippen molar-refractivity contribution in [3.63, 3.8) is 0 Å². The molecule has 8 heteroatoms. The second-order valence-electron chi connectivity index (χ2n) is 7.90. The van der Waals surface area contributed by atoms with E-state index in [9.17, 15) is 14.9 Å². The van der Waals surface area contributed by atoms with Crippen LogP contribution < -0.4 is 5.32 Å². The molecule has 0 aliphatic rings. The summed E-state index contributed by atoms with van der Waals surface area (Å²) in [6.45, 7) is 3.86. The highest BCUT2D eigenvalue weighted by atomic mass is 32.1. The van der Waals surface area contributed by atoms with E-state index in [2.05, 4.69) is 16.4 Å². The van der Waals surface area contributed by atoms with Crippen molar-refractivity contribution < 1.29 is 14.3 Å². The van der Waals surface area contributed by atoms with E-state index < -0.39 is 18.5 Å². The Morgan fingerprint density at radius 3 is 2.59 bits per heavy atom. The molecule has 1 N–H and O–H groups in total. The molecule has 0 saturated carbocycles. The van der Waals surface area contributed by atoms with Gasteiger partial charge < -0.3 is 14.6 Å². The Morgan fingerprint density at radius 1 is 1.12 bits per heavy atom. The lowest BCUT2D eigenvalue weighted by Crippen LogP contribution is -2.23. The number of carbonyl (C=O) groups is 2. The predicted octanol–water partition coefficient (Wildman–Crippen LogP) is 4.75. The number of esters is 1. The van der Waals surface area contributed by atoms with Gasteiger partial charge in [-0.05, 0) is 37.1 Å². The number of amides is 1. The third-order valence-electron chi connectivity index (χ3n) is 5.63. The van der Waals surface area contributed by atoms with Gasteiger partial charge >= 0.3 is 5.97 Å². The molecule has 7 nitrogen and oxygen atoms in total. The first kappa shape index (κ1) is 23.2. The summed E-state index contributed by atoms with van der Waals surface area (Å²) in [5, 5.41) is 13.3. The number of carbonyl (C=O) groups excluding carboxylic acids is 2. The summed E-state index contributed by atoms with van der Waals surface area (Å²) in [5.41, 5.74) is 4.06. The van der Waals surface area contributed by atoms with Crippen LogP contribution in [0.1, 0.15) is 33.8 Å². The molecular formula is C26H24N4O3S. The van der Waals surface area contributed by atoms with Crippen molar-refractivity contribution in [2.24, 2.45) is 0 Å². The van der Waals surface area contributed by atoms with E-state index in [4.69, 9.17) is 4.74 Å². The monoisotopic (exact) mass is 472 g/mol. The van der Waals surface area contributed by atoms with E-state index in [1.165, 1.54) is 0 Å². The van der Waals surface area contributed by atoms with Crippen molar-refractivity contribution in [3.8, 4) is 6.07 Å². The van der Waals surface area contributed by atoms with Crippen LogP contribution in [0.15, 0.2) is 54.6 Å². The van der Waals surface area contributed by atoms with Crippen LogP contribution in [0.25, 0.3) is 10.2 Å². The predicted molar refractivity (Wildman–Crippen MR) is 132 cm³/mol. The van der Waals surface area contributed by atoms with Gasteiger partial charge in [0.25, 0.3) is 5.91 Å². The molecule has 0 bridgehead atoms. The highest BCUT2D eigenvalue weighted by molar-refractivity contribution is 7.18. The first-order chi connectivity index (χ1) is 16.5. The number of para-hydroxylation sites is 1. The van der Waals surface area contributed by atoms with Gasteiger partial charge in [-0.3, -0.25) is 9.59 Å². The van der Waals surface area contributed by atoms with Crippen LogP contribution in [-0.2, 0) is 27.3 Å². The summed E-state index contributed by atoms with van der Waals surface area (Å²) < 4.78 is 8.15. The second-order valence-corrected chi connectivity index (χ2v) is 9.02. The molecule has 4 rings (SSSR count). The molecule has 0 aliphatic heterocycles. The lowest BCUT2D eigenvalue weighted by molar-refractivity contribution is -0.147. The van der Waals surface area contributed by atoms with Gasteiger partial charge in [0.2, 0.25) is 0 Å². The molecule has 0 spiro atoms. The Hall–Kier alpha value is -3.96. The number of nitriles is 1. The largest absolute Gasteiger partial charge is 0.456 e. The zero-order chi connectivity index (χ0) is 24.1. The number of rotatable bonds is 8. The van der Waals surface area contributed by atoms with Gasteiger partial charge in [-0.25, -0.2) is 4.98 Å². The van der Waals surface area contributed by atoms with Crippen LogP contribution in [0.3, 0.4) is 0 Å². The maximum Gasteiger partial charge on any atom is 0.306 e. The van der Waals surface area contributed by atoms with Gasteiger partial charge in [-0.15, -0.1) is 11.3 Å². The molecule has 172 valence electrons.